The van der Waals surface area contributed by atoms with Gasteiger partial charge >= 0.3 is 0 Å². The van der Waals surface area contributed by atoms with Crippen LogP contribution in [0.25, 0.3) is 0 Å². The average Bonchev–Trinajstić information content (AvgIpc) is 2.92. The number of likely N-dealkylation sites (tertiary alicyclic amines) is 1. The molecule has 1 heteroatoms. The lowest BCUT2D eigenvalue weighted by Gasteiger charge is -2.22. The molecular weight excluding hydrogens is 266 g/mol. The van der Waals surface area contributed by atoms with E-state index in [1.807, 2.05) is 0 Å². The van der Waals surface area contributed by atoms with Crippen LogP contribution in [-0.4, -0.2) is 18.0 Å². The zero-order chi connectivity index (χ0) is 15.4. The molecule has 3 rings (SSSR count). The lowest BCUT2D eigenvalue weighted by atomic mass is 9.82. The molecule has 0 amide bonds. The van der Waals surface area contributed by atoms with Gasteiger partial charge in [-0.3, -0.25) is 4.90 Å². The molecule has 2 aromatic carbocycles. The highest BCUT2D eigenvalue weighted by Gasteiger charge is 2.34. The largest absolute Gasteiger partial charge is 0.298 e. The van der Waals surface area contributed by atoms with Gasteiger partial charge < -0.3 is 0 Å². The molecule has 2 aromatic rings. The summed E-state index contributed by atoms with van der Waals surface area (Å²) in [4.78, 5) is 2.65. The first kappa shape index (κ1) is 15.3. The molecule has 0 radical (unpaired) electrons. The van der Waals surface area contributed by atoms with Crippen molar-refractivity contribution in [3.8, 4) is 0 Å². The number of hydrogen-bond donors (Lipinski definition) is 0. The molecule has 2 atom stereocenters. The highest BCUT2D eigenvalue weighted by atomic mass is 15.2. The monoisotopic (exact) mass is 293 g/mol. The van der Waals surface area contributed by atoms with Crippen molar-refractivity contribution in [3.05, 3.63) is 71.8 Å². The van der Waals surface area contributed by atoms with Crippen LogP contribution in [0.2, 0.25) is 0 Å². The Hall–Kier alpha value is -1.60. The molecule has 1 fully saturated rings. The first-order chi connectivity index (χ1) is 10.7. The topological polar surface area (TPSA) is 3.24 Å². The minimum atomic E-state index is 0.759. The number of nitrogens with zero attached hydrogens (tertiary/aromatic N) is 1. The second kappa shape index (κ2) is 7.11. The molecule has 0 bridgehead atoms. The fourth-order valence-electron chi connectivity index (χ4n) is 3.85. The van der Waals surface area contributed by atoms with Gasteiger partial charge in [0.1, 0.15) is 0 Å². The van der Waals surface area contributed by atoms with Gasteiger partial charge in [-0.15, -0.1) is 0 Å². The second-order valence-corrected chi connectivity index (χ2v) is 7.04. The Labute approximate surface area is 135 Å². The molecule has 116 valence electrons. The van der Waals surface area contributed by atoms with Crippen molar-refractivity contribution in [2.75, 3.05) is 13.1 Å². The van der Waals surface area contributed by atoms with E-state index in [0.29, 0.717) is 0 Å². The number of hydrogen-bond acceptors (Lipinski definition) is 1. The van der Waals surface area contributed by atoms with Crippen LogP contribution in [0.3, 0.4) is 0 Å². The molecule has 22 heavy (non-hydrogen) atoms. The van der Waals surface area contributed by atoms with Crippen LogP contribution < -0.4 is 0 Å². The Morgan fingerprint density at radius 2 is 1.45 bits per heavy atom. The normalized spacial score (nSPS) is 22.3. The van der Waals surface area contributed by atoms with Crippen molar-refractivity contribution < 1.29 is 0 Å². The molecule has 0 unspecified atom stereocenters. The molecule has 0 aromatic heterocycles. The predicted octanol–water partition coefficient (Wildman–Crippen LogP) is 4.63. The first-order valence-electron chi connectivity index (χ1n) is 8.52. The summed E-state index contributed by atoms with van der Waals surface area (Å²) in [5.41, 5.74) is 2.92. The minimum Gasteiger partial charge on any atom is -0.298 e. The third-order valence-electron chi connectivity index (χ3n) is 5.01. The van der Waals surface area contributed by atoms with E-state index in [4.69, 9.17) is 0 Å². The van der Waals surface area contributed by atoms with Crippen molar-refractivity contribution in [1.82, 2.24) is 4.90 Å². The molecule has 0 N–H and O–H groups in total. The molecule has 1 saturated heterocycles. The maximum atomic E-state index is 2.65. The van der Waals surface area contributed by atoms with Crippen molar-refractivity contribution in [1.29, 1.82) is 0 Å². The first-order valence-corrected chi connectivity index (χ1v) is 8.52. The summed E-state index contributed by atoms with van der Waals surface area (Å²) >= 11 is 0. The van der Waals surface area contributed by atoms with Gasteiger partial charge in [0, 0.05) is 19.6 Å². The van der Waals surface area contributed by atoms with Crippen LogP contribution in [0, 0.1) is 17.8 Å². The van der Waals surface area contributed by atoms with E-state index in [1.54, 1.807) is 0 Å². The predicted molar refractivity (Wildman–Crippen MR) is 93.7 cm³/mol. The average molecular weight is 293 g/mol. The van der Waals surface area contributed by atoms with Crippen molar-refractivity contribution in [2.45, 2.75) is 26.8 Å². The smallest absolute Gasteiger partial charge is 0.0233 e. The Balaban J connectivity index is 1.67. The molecule has 1 aliphatic heterocycles. The van der Waals surface area contributed by atoms with E-state index >= 15 is 0 Å². The lowest BCUT2D eigenvalue weighted by molar-refractivity contribution is 0.293. The van der Waals surface area contributed by atoms with Gasteiger partial charge in [-0.2, -0.15) is 0 Å². The van der Waals surface area contributed by atoms with Gasteiger partial charge in [-0.25, -0.2) is 0 Å². The minimum absolute atomic E-state index is 0.759. The van der Waals surface area contributed by atoms with E-state index < -0.39 is 0 Å². The van der Waals surface area contributed by atoms with Crippen LogP contribution in [0.4, 0.5) is 0 Å². The summed E-state index contributed by atoms with van der Waals surface area (Å²) in [6.07, 6.45) is 1.22. The summed E-state index contributed by atoms with van der Waals surface area (Å²) in [5, 5.41) is 0. The third kappa shape index (κ3) is 3.78. The summed E-state index contributed by atoms with van der Waals surface area (Å²) in [6, 6.07) is 21.9. The third-order valence-corrected chi connectivity index (χ3v) is 5.01. The maximum Gasteiger partial charge on any atom is 0.0233 e. The molecular formula is C21H27N. The molecule has 0 spiro atoms. The van der Waals surface area contributed by atoms with E-state index in [1.165, 1.54) is 30.6 Å². The Morgan fingerprint density at radius 1 is 0.864 bits per heavy atom. The zero-order valence-electron chi connectivity index (χ0n) is 13.8. The van der Waals surface area contributed by atoms with E-state index in [2.05, 4.69) is 79.4 Å². The van der Waals surface area contributed by atoms with Gasteiger partial charge in [0.2, 0.25) is 0 Å². The highest BCUT2D eigenvalue weighted by molar-refractivity contribution is 5.17. The van der Waals surface area contributed by atoms with Crippen LogP contribution in [0.5, 0.6) is 0 Å². The lowest BCUT2D eigenvalue weighted by Crippen LogP contribution is -2.21. The van der Waals surface area contributed by atoms with Gasteiger partial charge in [0.05, 0.1) is 0 Å². The van der Waals surface area contributed by atoms with Crippen LogP contribution in [0.1, 0.15) is 25.0 Å². The summed E-state index contributed by atoms with van der Waals surface area (Å²) in [6.45, 7) is 8.33. The molecule has 1 nitrogen and oxygen atoms in total. The van der Waals surface area contributed by atoms with Gasteiger partial charge in [-0.05, 0) is 35.3 Å². The summed E-state index contributed by atoms with van der Waals surface area (Å²) < 4.78 is 0. The molecule has 0 aliphatic carbocycles. The van der Waals surface area contributed by atoms with E-state index in [9.17, 15) is 0 Å². The summed E-state index contributed by atoms with van der Waals surface area (Å²) in [7, 11) is 0. The maximum absolute atomic E-state index is 2.65. The molecule has 0 saturated carbocycles. The highest BCUT2D eigenvalue weighted by Crippen LogP contribution is 2.33. The Morgan fingerprint density at radius 3 is 2.05 bits per heavy atom. The zero-order valence-corrected chi connectivity index (χ0v) is 13.8. The van der Waals surface area contributed by atoms with Crippen LogP contribution in [0.15, 0.2) is 60.7 Å². The summed E-state index contributed by atoms with van der Waals surface area (Å²) in [5.74, 6) is 2.35. The second-order valence-electron chi connectivity index (χ2n) is 7.04. The standard InChI is InChI=1S/C21H27N/c1-17(2)21-16-22(14-19-11-7-4-8-12-19)15-20(21)13-18-9-5-3-6-10-18/h3-12,17,20-21H,13-16H2,1-2H3/t20-,21+/m0/s1. The van der Waals surface area contributed by atoms with Crippen molar-refractivity contribution in [2.24, 2.45) is 17.8 Å². The SMILES string of the molecule is CC(C)[C@H]1CN(Cc2ccccc2)C[C@@H]1Cc1ccccc1. The van der Waals surface area contributed by atoms with Crippen LogP contribution >= 0.6 is 0 Å². The van der Waals surface area contributed by atoms with Gasteiger partial charge in [0.15, 0.2) is 0 Å². The Bertz CT molecular complexity index is 561. The quantitative estimate of drug-likeness (QED) is 0.776. The Kier molecular flexibility index (Phi) is 4.94. The number of rotatable bonds is 5. The fraction of sp³-hybridized carbons (Fsp3) is 0.429. The van der Waals surface area contributed by atoms with Crippen molar-refractivity contribution in [3.63, 3.8) is 0 Å². The van der Waals surface area contributed by atoms with Crippen molar-refractivity contribution >= 4 is 0 Å². The van der Waals surface area contributed by atoms with E-state index in [-0.39, 0.29) is 0 Å². The van der Waals surface area contributed by atoms with Gasteiger partial charge in [-0.1, -0.05) is 74.5 Å². The fourth-order valence-corrected chi connectivity index (χ4v) is 3.85. The van der Waals surface area contributed by atoms with Gasteiger partial charge in [0.25, 0.3) is 0 Å². The number of benzene rings is 2. The van der Waals surface area contributed by atoms with Crippen LogP contribution in [-0.2, 0) is 13.0 Å². The van der Waals surface area contributed by atoms with E-state index in [0.717, 1.165) is 24.3 Å². The molecule has 1 aliphatic rings. The molecule has 1 heterocycles.